The van der Waals surface area contributed by atoms with Gasteiger partial charge in [0.2, 0.25) is 5.89 Å². The number of furan rings is 2. The summed E-state index contributed by atoms with van der Waals surface area (Å²) >= 11 is 0. The minimum Gasteiger partial charge on any atom is -0.456 e. The number of nitrogens with zero attached hydrogens (tertiary/aromatic N) is 2. The minimum absolute atomic E-state index is 0.579. The Labute approximate surface area is 274 Å². The Balaban J connectivity index is 1.16. The Bertz CT molecular complexity index is 2770. The average Bonchev–Trinajstić information content (AvgIpc) is 3.86. The smallest absolute Gasteiger partial charge is 0.227 e. The molecule has 48 heavy (non-hydrogen) atoms. The van der Waals surface area contributed by atoms with Crippen LogP contribution in [0, 0.1) is 0 Å². The predicted molar refractivity (Wildman–Crippen MR) is 194 cm³/mol. The number of rotatable bonds is 5. The summed E-state index contributed by atoms with van der Waals surface area (Å²) in [5.74, 6) is 0.579. The molecule has 0 atom stereocenters. The molecule has 0 amide bonds. The van der Waals surface area contributed by atoms with Crippen molar-refractivity contribution in [1.82, 2.24) is 4.98 Å². The first-order valence-corrected chi connectivity index (χ1v) is 16.0. The monoisotopic (exact) mass is 618 g/mol. The first-order valence-electron chi connectivity index (χ1n) is 16.0. The van der Waals surface area contributed by atoms with Gasteiger partial charge >= 0.3 is 0 Å². The number of para-hydroxylation sites is 4. The summed E-state index contributed by atoms with van der Waals surface area (Å²) in [6, 6.07) is 53.7. The van der Waals surface area contributed by atoms with E-state index in [1.54, 1.807) is 0 Å². The summed E-state index contributed by atoms with van der Waals surface area (Å²) in [7, 11) is 0. The molecule has 0 N–H and O–H groups in total. The molecule has 7 aromatic carbocycles. The third-order valence-electron chi connectivity index (χ3n) is 9.10. The second-order valence-electron chi connectivity index (χ2n) is 11.9. The Hall–Kier alpha value is -6.59. The van der Waals surface area contributed by atoms with E-state index in [4.69, 9.17) is 18.2 Å². The lowest BCUT2D eigenvalue weighted by Crippen LogP contribution is -2.10. The lowest BCUT2D eigenvalue weighted by Gasteiger charge is -2.25. The average molecular weight is 619 g/mol. The van der Waals surface area contributed by atoms with Crippen molar-refractivity contribution in [2.75, 3.05) is 4.90 Å². The molecule has 0 unspecified atom stereocenters. The van der Waals surface area contributed by atoms with Gasteiger partial charge in [-0.2, -0.15) is 0 Å². The van der Waals surface area contributed by atoms with Gasteiger partial charge in [0, 0.05) is 38.7 Å². The van der Waals surface area contributed by atoms with Gasteiger partial charge in [0.15, 0.2) is 11.2 Å². The Kier molecular flexibility index (Phi) is 5.81. The van der Waals surface area contributed by atoms with Crippen molar-refractivity contribution in [3.8, 4) is 22.6 Å². The number of fused-ring (bicyclic) bond motifs is 8. The van der Waals surface area contributed by atoms with Crippen LogP contribution in [0.15, 0.2) is 171 Å². The topological polar surface area (TPSA) is 55.6 Å². The highest BCUT2D eigenvalue weighted by atomic mass is 16.4. The van der Waals surface area contributed by atoms with Crippen molar-refractivity contribution in [1.29, 1.82) is 0 Å². The highest BCUT2D eigenvalue weighted by Crippen LogP contribution is 2.44. The van der Waals surface area contributed by atoms with Gasteiger partial charge in [0.25, 0.3) is 0 Å². The van der Waals surface area contributed by atoms with E-state index in [0.29, 0.717) is 5.89 Å². The molecule has 3 aromatic heterocycles. The molecule has 3 heterocycles. The molecule has 226 valence electrons. The quantitative estimate of drug-likeness (QED) is 0.192. The SMILES string of the molecule is c1ccc(-c2nc3c(-c4ccc(N(c5ccccc5)c5cccc6c5oc5ccccc56)cc4)cc4oc5ccccc5c4c3o2)cc1. The maximum Gasteiger partial charge on any atom is 0.227 e. The fraction of sp³-hybridized carbons (Fsp3) is 0. The van der Waals surface area contributed by atoms with Crippen LogP contribution in [-0.4, -0.2) is 4.98 Å². The van der Waals surface area contributed by atoms with Gasteiger partial charge in [-0.3, -0.25) is 0 Å². The van der Waals surface area contributed by atoms with Crippen LogP contribution >= 0.6 is 0 Å². The number of aromatic nitrogens is 1. The summed E-state index contributed by atoms with van der Waals surface area (Å²) in [5, 5.41) is 4.13. The Morgan fingerprint density at radius 2 is 1.08 bits per heavy atom. The van der Waals surface area contributed by atoms with Crippen LogP contribution < -0.4 is 4.90 Å². The van der Waals surface area contributed by atoms with Gasteiger partial charge in [-0.15, -0.1) is 0 Å². The second-order valence-corrected chi connectivity index (χ2v) is 11.9. The Morgan fingerprint density at radius 3 is 1.88 bits per heavy atom. The number of hydrogen-bond acceptors (Lipinski definition) is 5. The molecule has 0 spiro atoms. The van der Waals surface area contributed by atoms with E-state index in [1.807, 2.05) is 66.7 Å². The van der Waals surface area contributed by atoms with Gasteiger partial charge in [0.1, 0.15) is 22.3 Å². The highest BCUT2D eigenvalue weighted by molar-refractivity contribution is 6.19. The van der Waals surface area contributed by atoms with Crippen LogP contribution in [0.4, 0.5) is 17.1 Å². The molecular weight excluding hydrogens is 592 g/mol. The molecule has 0 aliphatic heterocycles. The van der Waals surface area contributed by atoms with Crippen LogP contribution in [0.1, 0.15) is 0 Å². The van der Waals surface area contributed by atoms with Crippen molar-refractivity contribution in [3.63, 3.8) is 0 Å². The van der Waals surface area contributed by atoms with E-state index in [2.05, 4.69) is 95.9 Å². The van der Waals surface area contributed by atoms with Crippen LogP contribution in [0.3, 0.4) is 0 Å². The van der Waals surface area contributed by atoms with Gasteiger partial charge in [-0.05, 0) is 66.2 Å². The molecule has 0 aliphatic rings. The standard InChI is InChI=1S/C43H26N2O3/c1-3-12-28(13-4-1)43-44-40-34(26-38-39(42(40)48-43)33-17-8-10-21-37(33)46-38)27-22-24-30(25-23-27)45(29-14-5-2-6-15-29)35-19-11-18-32-31-16-7-9-20-36(31)47-41(32)35/h1-26H. The Morgan fingerprint density at radius 1 is 0.438 bits per heavy atom. The number of anilines is 3. The fourth-order valence-corrected chi connectivity index (χ4v) is 6.90. The van der Waals surface area contributed by atoms with Gasteiger partial charge in [-0.25, -0.2) is 4.98 Å². The van der Waals surface area contributed by atoms with E-state index < -0.39 is 0 Å². The van der Waals surface area contributed by atoms with Crippen molar-refractivity contribution >= 4 is 72.0 Å². The van der Waals surface area contributed by atoms with Crippen LogP contribution in [0.25, 0.3) is 77.6 Å². The normalized spacial score (nSPS) is 11.8. The van der Waals surface area contributed by atoms with E-state index >= 15 is 0 Å². The molecule has 5 heteroatoms. The van der Waals surface area contributed by atoms with Gasteiger partial charge in [-0.1, -0.05) is 97.1 Å². The van der Waals surface area contributed by atoms with Gasteiger partial charge in [0.05, 0.1) is 11.1 Å². The molecule has 0 saturated heterocycles. The number of oxazole rings is 1. The first-order chi connectivity index (χ1) is 23.8. The van der Waals surface area contributed by atoms with E-state index in [0.717, 1.165) is 88.7 Å². The number of benzene rings is 7. The van der Waals surface area contributed by atoms with Crippen molar-refractivity contribution in [2.45, 2.75) is 0 Å². The van der Waals surface area contributed by atoms with Gasteiger partial charge < -0.3 is 18.2 Å². The summed E-state index contributed by atoms with van der Waals surface area (Å²) in [5.41, 5.74) is 10.7. The maximum atomic E-state index is 6.55. The van der Waals surface area contributed by atoms with E-state index in [-0.39, 0.29) is 0 Å². The predicted octanol–water partition coefficient (Wildman–Crippen LogP) is 12.4. The molecule has 0 aliphatic carbocycles. The largest absolute Gasteiger partial charge is 0.456 e. The third-order valence-corrected chi connectivity index (χ3v) is 9.10. The molecule has 0 radical (unpaired) electrons. The minimum atomic E-state index is 0.579. The van der Waals surface area contributed by atoms with E-state index in [1.165, 1.54) is 0 Å². The van der Waals surface area contributed by atoms with Crippen LogP contribution in [0.2, 0.25) is 0 Å². The molecule has 0 fully saturated rings. The molecule has 0 bridgehead atoms. The number of hydrogen-bond donors (Lipinski definition) is 0. The lowest BCUT2D eigenvalue weighted by molar-refractivity contribution is 0.622. The summed E-state index contributed by atoms with van der Waals surface area (Å²) in [4.78, 5) is 7.32. The molecule has 10 aromatic rings. The zero-order valence-corrected chi connectivity index (χ0v) is 25.6. The summed E-state index contributed by atoms with van der Waals surface area (Å²) < 4.78 is 19.4. The second kappa shape index (κ2) is 10.5. The molecule has 10 rings (SSSR count). The van der Waals surface area contributed by atoms with Crippen molar-refractivity contribution in [2.24, 2.45) is 0 Å². The van der Waals surface area contributed by atoms with E-state index in [9.17, 15) is 0 Å². The summed E-state index contributed by atoms with van der Waals surface area (Å²) in [6.07, 6.45) is 0. The fourth-order valence-electron chi connectivity index (χ4n) is 6.90. The third kappa shape index (κ3) is 4.08. The zero-order chi connectivity index (χ0) is 31.6. The highest BCUT2D eigenvalue weighted by Gasteiger charge is 2.22. The molecule has 5 nitrogen and oxygen atoms in total. The first kappa shape index (κ1) is 26.6. The maximum absolute atomic E-state index is 6.55. The van der Waals surface area contributed by atoms with Crippen LogP contribution in [0.5, 0.6) is 0 Å². The lowest BCUT2D eigenvalue weighted by atomic mass is 10.0. The van der Waals surface area contributed by atoms with Crippen molar-refractivity contribution < 1.29 is 13.3 Å². The zero-order valence-electron chi connectivity index (χ0n) is 25.6. The summed E-state index contributed by atoms with van der Waals surface area (Å²) in [6.45, 7) is 0. The molecule has 0 saturated carbocycles. The molecular formula is C43H26N2O3. The van der Waals surface area contributed by atoms with Crippen LogP contribution in [-0.2, 0) is 0 Å². The van der Waals surface area contributed by atoms with Crippen molar-refractivity contribution in [3.05, 3.63) is 158 Å².